The van der Waals surface area contributed by atoms with Crippen LogP contribution in [0.4, 0.5) is 0 Å². The second kappa shape index (κ2) is 6.61. The van der Waals surface area contributed by atoms with E-state index in [-0.39, 0.29) is 17.7 Å². The van der Waals surface area contributed by atoms with Gasteiger partial charge in [-0.1, -0.05) is 26.0 Å². The Hall–Kier alpha value is -2.04. The summed E-state index contributed by atoms with van der Waals surface area (Å²) >= 11 is 0. The predicted molar refractivity (Wildman–Crippen MR) is 80.3 cm³/mol. The van der Waals surface area contributed by atoms with Gasteiger partial charge in [0, 0.05) is 32.1 Å². The number of hydrogen-bond donors (Lipinski definition) is 0. The lowest BCUT2D eigenvalue weighted by Crippen LogP contribution is -2.51. The zero-order chi connectivity index (χ0) is 15.4. The zero-order valence-electron chi connectivity index (χ0n) is 12.8. The van der Waals surface area contributed by atoms with Crippen LogP contribution in [0.3, 0.4) is 0 Å². The van der Waals surface area contributed by atoms with Crippen molar-refractivity contribution in [3.05, 3.63) is 29.8 Å². The van der Waals surface area contributed by atoms with Crippen LogP contribution in [0.2, 0.25) is 0 Å². The Morgan fingerprint density at radius 3 is 2.19 bits per heavy atom. The molecule has 21 heavy (non-hydrogen) atoms. The van der Waals surface area contributed by atoms with Crippen LogP contribution < -0.4 is 4.74 Å². The molecule has 1 aliphatic rings. The summed E-state index contributed by atoms with van der Waals surface area (Å²) in [6.45, 7) is 6.11. The van der Waals surface area contributed by atoms with Crippen molar-refractivity contribution in [2.75, 3.05) is 33.3 Å². The van der Waals surface area contributed by atoms with Gasteiger partial charge in [0.2, 0.25) is 5.91 Å². The molecule has 0 unspecified atom stereocenters. The van der Waals surface area contributed by atoms with Gasteiger partial charge >= 0.3 is 0 Å². The van der Waals surface area contributed by atoms with Crippen molar-refractivity contribution >= 4 is 11.8 Å². The molecule has 0 bridgehead atoms. The lowest BCUT2D eigenvalue weighted by Gasteiger charge is -2.35. The topological polar surface area (TPSA) is 49.9 Å². The van der Waals surface area contributed by atoms with Crippen molar-refractivity contribution in [1.82, 2.24) is 9.80 Å². The highest BCUT2D eigenvalue weighted by Crippen LogP contribution is 2.20. The van der Waals surface area contributed by atoms with Crippen LogP contribution in [-0.4, -0.2) is 54.9 Å². The first-order valence-electron chi connectivity index (χ1n) is 7.25. The Labute approximate surface area is 125 Å². The molecule has 0 radical (unpaired) electrons. The first-order chi connectivity index (χ1) is 10.0. The van der Waals surface area contributed by atoms with Gasteiger partial charge in [0.15, 0.2) is 0 Å². The molecule has 1 aromatic carbocycles. The highest BCUT2D eigenvalue weighted by molar-refractivity contribution is 5.97. The van der Waals surface area contributed by atoms with E-state index in [9.17, 15) is 9.59 Å². The minimum absolute atomic E-state index is 0.00136. The van der Waals surface area contributed by atoms with Gasteiger partial charge in [-0.3, -0.25) is 9.59 Å². The summed E-state index contributed by atoms with van der Waals surface area (Å²) in [7, 11) is 1.56. The van der Waals surface area contributed by atoms with Crippen molar-refractivity contribution in [3.63, 3.8) is 0 Å². The summed E-state index contributed by atoms with van der Waals surface area (Å²) in [5, 5.41) is 0. The van der Waals surface area contributed by atoms with E-state index in [0.29, 0.717) is 37.5 Å². The van der Waals surface area contributed by atoms with Crippen LogP contribution in [-0.2, 0) is 4.79 Å². The Kier molecular flexibility index (Phi) is 4.83. The minimum Gasteiger partial charge on any atom is -0.496 e. The number of rotatable bonds is 3. The maximum absolute atomic E-state index is 12.5. The standard InChI is InChI=1S/C16H22N2O3/c1-12(2)15(19)17-8-10-18(11-9-17)16(20)13-6-4-5-7-14(13)21-3/h4-7,12H,8-11H2,1-3H3. The van der Waals surface area contributed by atoms with E-state index < -0.39 is 0 Å². The smallest absolute Gasteiger partial charge is 0.257 e. The van der Waals surface area contributed by atoms with E-state index in [1.54, 1.807) is 24.1 Å². The summed E-state index contributed by atoms with van der Waals surface area (Å²) in [6, 6.07) is 7.22. The fraction of sp³-hybridized carbons (Fsp3) is 0.500. The number of methoxy groups -OCH3 is 1. The number of carbonyl (C=O) groups is 2. The average Bonchev–Trinajstić information content (AvgIpc) is 2.53. The third kappa shape index (κ3) is 3.35. The normalized spacial score (nSPS) is 15.2. The summed E-state index contributed by atoms with van der Waals surface area (Å²) < 4.78 is 5.24. The van der Waals surface area contributed by atoms with E-state index >= 15 is 0 Å². The van der Waals surface area contributed by atoms with Gasteiger partial charge in [0.05, 0.1) is 12.7 Å². The number of piperazine rings is 1. The number of carbonyl (C=O) groups excluding carboxylic acids is 2. The molecule has 2 rings (SSSR count). The third-order valence-corrected chi connectivity index (χ3v) is 3.71. The van der Waals surface area contributed by atoms with Gasteiger partial charge in [0.25, 0.3) is 5.91 Å². The van der Waals surface area contributed by atoms with Crippen LogP contribution >= 0.6 is 0 Å². The van der Waals surface area contributed by atoms with Crippen LogP contribution in [0.1, 0.15) is 24.2 Å². The number of ether oxygens (including phenoxy) is 1. The zero-order valence-corrected chi connectivity index (χ0v) is 12.8. The minimum atomic E-state index is -0.0379. The molecule has 114 valence electrons. The molecule has 2 amide bonds. The van der Waals surface area contributed by atoms with Crippen LogP contribution in [0.15, 0.2) is 24.3 Å². The van der Waals surface area contributed by atoms with Crippen LogP contribution in [0.25, 0.3) is 0 Å². The number of hydrogen-bond acceptors (Lipinski definition) is 3. The molecule has 0 spiro atoms. The quantitative estimate of drug-likeness (QED) is 0.850. The second-order valence-corrected chi connectivity index (χ2v) is 5.47. The molecule has 5 heteroatoms. The molecule has 1 aromatic rings. The molecule has 1 heterocycles. The van der Waals surface area contributed by atoms with Crippen LogP contribution in [0, 0.1) is 5.92 Å². The third-order valence-electron chi connectivity index (χ3n) is 3.71. The highest BCUT2D eigenvalue weighted by Gasteiger charge is 2.27. The predicted octanol–water partition coefficient (Wildman–Crippen LogP) is 1.64. The Balaban J connectivity index is 2.02. The first kappa shape index (κ1) is 15.4. The molecule has 1 aliphatic heterocycles. The summed E-state index contributed by atoms with van der Waals surface area (Å²) in [5.74, 6) is 0.702. The van der Waals surface area contributed by atoms with Gasteiger partial charge in [-0.15, -0.1) is 0 Å². The fourth-order valence-electron chi connectivity index (χ4n) is 2.49. The summed E-state index contributed by atoms with van der Waals surface area (Å²) in [5.41, 5.74) is 0.573. The molecular weight excluding hydrogens is 268 g/mol. The van der Waals surface area contributed by atoms with E-state index in [1.807, 2.05) is 30.9 Å². The Morgan fingerprint density at radius 1 is 1.05 bits per heavy atom. The average molecular weight is 290 g/mol. The molecule has 0 aromatic heterocycles. The second-order valence-electron chi connectivity index (χ2n) is 5.47. The van der Waals surface area contributed by atoms with Crippen LogP contribution in [0.5, 0.6) is 5.75 Å². The van der Waals surface area contributed by atoms with Gasteiger partial charge in [-0.25, -0.2) is 0 Å². The number of benzene rings is 1. The van der Waals surface area contributed by atoms with Gasteiger partial charge in [-0.05, 0) is 12.1 Å². The maximum atomic E-state index is 12.5. The Bertz CT molecular complexity index is 520. The number of nitrogens with zero attached hydrogens (tertiary/aromatic N) is 2. The fourth-order valence-corrected chi connectivity index (χ4v) is 2.49. The lowest BCUT2D eigenvalue weighted by atomic mass is 10.1. The Morgan fingerprint density at radius 2 is 1.62 bits per heavy atom. The van der Waals surface area contributed by atoms with Gasteiger partial charge in [-0.2, -0.15) is 0 Å². The number of para-hydroxylation sites is 1. The molecule has 0 aliphatic carbocycles. The summed E-state index contributed by atoms with van der Waals surface area (Å²) in [4.78, 5) is 28.1. The lowest BCUT2D eigenvalue weighted by molar-refractivity contribution is -0.135. The summed E-state index contributed by atoms with van der Waals surface area (Å²) in [6.07, 6.45) is 0. The molecule has 1 fully saturated rings. The molecule has 1 saturated heterocycles. The maximum Gasteiger partial charge on any atom is 0.257 e. The van der Waals surface area contributed by atoms with E-state index in [0.717, 1.165) is 0 Å². The molecule has 5 nitrogen and oxygen atoms in total. The van der Waals surface area contributed by atoms with E-state index in [2.05, 4.69) is 0 Å². The van der Waals surface area contributed by atoms with Crippen molar-refractivity contribution in [2.45, 2.75) is 13.8 Å². The molecule has 0 atom stereocenters. The largest absolute Gasteiger partial charge is 0.496 e. The van der Waals surface area contributed by atoms with Gasteiger partial charge < -0.3 is 14.5 Å². The van der Waals surface area contributed by atoms with E-state index in [4.69, 9.17) is 4.74 Å². The molecule has 0 saturated carbocycles. The van der Waals surface area contributed by atoms with Crippen molar-refractivity contribution in [2.24, 2.45) is 5.92 Å². The van der Waals surface area contributed by atoms with Gasteiger partial charge in [0.1, 0.15) is 5.75 Å². The van der Waals surface area contributed by atoms with Crippen molar-refractivity contribution in [3.8, 4) is 5.75 Å². The first-order valence-corrected chi connectivity index (χ1v) is 7.25. The monoisotopic (exact) mass is 290 g/mol. The molecule has 0 N–H and O–H groups in total. The van der Waals surface area contributed by atoms with Crippen molar-refractivity contribution < 1.29 is 14.3 Å². The SMILES string of the molecule is COc1ccccc1C(=O)N1CCN(C(=O)C(C)C)CC1. The van der Waals surface area contributed by atoms with Crippen molar-refractivity contribution in [1.29, 1.82) is 0 Å². The number of amides is 2. The molecular formula is C16H22N2O3. The van der Waals surface area contributed by atoms with E-state index in [1.165, 1.54) is 0 Å². The highest BCUT2D eigenvalue weighted by atomic mass is 16.5.